The lowest BCUT2D eigenvalue weighted by Gasteiger charge is -2.44. The first-order valence-electron chi connectivity index (χ1n) is 9.28. The summed E-state index contributed by atoms with van der Waals surface area (Å²) < 4.78 is 0. The molecule has 140 valence electrons. The number of benzene rings is 2. The number of piperazine rings is 1. The average Bonchev–Trinajstić information content (AvgIpc) is 2.99. The molecule has 4 rings (SSSR count). The third kappa shape index (κ3) is 3.74. The molecular weight excluding hydrogens is 342 g/mol. The van der Waals surface area contributed by atoms with Gasteiger partial charge in [-0.3, -0.25) is 9.59 Å². The molecule has 0 aromatic heterocycles. The summed E-state index contributed by atoms with van der Waals surface area (Å²) in [6.07, 6.45) is 0.537. The highest BCUT2D eigenvalue weighted by Gasteiger charge is 2.36. The summed E-state index contributed by atoms with van der Waals surface area (Å²) in [5.74, 6) is -0.000640. The normalized spacial score (nSPS) is 22.8. The molecule has 2 aromatic carbocycles. The maximum atomic E-state index is 12.2. The zero-order valence-electron chi connectivity index (χ0n) is 15.0. The second-order valence-corrected chi connectivity index (χ2v) is 7.15. The number of hydrogen-bond acceptors (Lipinski definition) is 5. The van der Waals surface area contributed by atoms with Crippen LogP contribution in [0.3, 0.4) is 0 Å². The van der Waals surface area contributed by atoms with Crippen LogP contribution < -0.4 is 15.1 Å². The van der Waals surface area contributed by atoms with Crippen LogP contribution in [0.2, 0.25) is 0 Å². The zero-order valence-corrected chi connectivity index (χ0v) is 15.0. The summed E-state index contributed by atoms with van der Waals surface area (Å²) >= 11 is 0. The lowest BCUT2D eigenvalue weighted by Crippen LogP contribution is -2.55. The topological polar surface area (TPSA) is 72.9 Å². The fourth-order valence-electron chi connectivity index (χ4n) is 4.01. The van der Waals surface area contributed by atoms with Gasteiger partial charge in [0.25, 0.3) is 0 Å². The van der Waals surface area contributed by atoms with Crippen molar-refractivity contribution in [3.8, 4) is 5.75 Å². The molecule has 0 aliphatic carbocycles. The van der Waals surface area contributed by atoms with Gasteiger partial charge in [-0.1, -0.05) is 24.3 Å². The molecule has 6 heteroatoms. The summed E-state index contributed by atoms with van der Waals surface area (Å²) in [5, 5.41) is 12.7. The number of Topliss-reactive ketones (excluding diaryl/α,β-unsaturated/α-hetero) is 1. The molecule has 2 atom stereocenters. The van der Waals surface area contributed by atoms with Gasteiger partial charge in [0.2, 0.25) is 5.91 Å². The molecule has 2 aliphatic heterocycles. The highest BCUT2D eigenvalue weighted by atomic mass is 16.3. The van der Waals surface area contributed by atoms with E-state index in [1.54, 1.807) is 12.1 Å². The first kappa shape index (κ1) is 17.4. The lowest BCUT2D eigenvalue weighted by molar-refractivity contribution is -0.122. The van der Waals surface area contributed by atoms with Gasteiger partial charge in [-0.15, -0.1) is 0 Å². The minimum atomic E-state index is -0.432. The van der Waals surface area contributed by atoms with Gasteiger partial charge < -0.3 is 20.2 Å². The van der Waals surface area contributed by atoms with Crippen molar-refractivity contribution in [2.24, 2.45) is 0 Å². The minimum absolute atomic E-state index is 0.0219. The van der Waals surface area contributed by atoms with Crippen LogP contribution in [0.1, 0.15) is 12.8 Å². The number of amides is 1. The summed E-state index contributed by atoms with van der Waals surface area (Å²) in [7, 11) is 0. The number of rotatable bonds is 4. The van der Waals surface area contributed by atoms with E-state index in [9.17, 15) is 14.7 Å². The van der Waals surface area contributed by atoms with Gasteiger partial charge in [-0.2, -0.15) is 0 Å². The quantitative estimate of drug-likeness (QED) is 0.810. The predicted molar refractivity (Wildman–Crippen MR) is 104 cm³/mol. The van der Waals surface area contributed by atoms with E-state index < -0.39 is 6.04 Å². The van der Waals surface area contributed by atoms with Crippen molar-refractivity contribution >= 4 is 23.1 Å². The second kappa shape index (κ2) is 7.31. The van der Waals surface area contributed by atoms with Crippen LogP contribution in [0.5, 0.6) is 5.75 Å². The zero-order chi connectivity index (χ0) is 18.8. The van der Waals surface area contributed by atoms with Gasteiger partial charge >= 0.3 is 0 Å². The smallest absolute Gasteiger partial charge is 0.228 e. The number of para-hydroxylation sites is 1. The Morgan fingerprint density at radius 2 is 1.78 bits per heavy atom. The maximum absolute atomic E-state index is 12.2. The molecule has 2 heterocycles. The van der Waals surface area contributed by atoms with Crippen molar-refractivity contribution < 1.29 is 14.7 Å². The Morgan fingerprint density at radius 3 is 2.48 bits per heavy atom. The van der Waals surface area contributed by atoms with Crippen LogP contribution >= 0.6 is 0 Å². The van der Waals surface area contributed by atoms with Gasteiger partial charge in [0.15, 0.2) is 5.78 Å². The molecule has 2 N–H and O–H groups in total. The molecule has 2 aromatic rings. The van der Waals surface area contributed by atoms with E-state index in [0.717, 1.165) is 31.0 Å². The van der Waals surface area contributed by atoms with Gasteiger partial charge in [-0.25, -0.2) is 0 Å². The molecule has 2 unspecified atom stereocenters. The molecule has 6 nitrogen and oxygen atoms in total. The number of anilines is 2. The number of ketones is 1. The number of phenolic OH excluding ortho intramolecular Hbond substituents is 1. The van der Waals surface area contributed by atoms with Crippen LogP contribution in [0.4, 0.5) is 11.4 Å². The maximum Gasteiger partial charge on any atom is 0.228 e. The summed E-state index contributed by atoms with van der Waals surface area (Å²) in [4.78, 5) is 28.3. The Hall–Kier alpha value is -3.02. The number of aromatic hydroxyl groups is 1. The number of nitrogens with one attached hydrogen (secondary N) is 1. The van der Waals surface area contributed by atoms with Gasteiger partial charge in [0.1, 0.15) is 5.75 Å². The Kier molecular flexibility index (Phi) is 4.71. The van der Waals surface area contributed by atoms with E-state index in [1.807, 2.05) is 30.3 Å². The Labute approximate surface area is 158 Å². The number of carbonyl (C=O) groups excluding carboxylic acids is 2. The molecule has 0 spiro atoms. The van der Waals surface area contributed by atoms with Crippen LogP contribution in [-0.4, -0.2) is 48.5 Å². The first-order valence-corrected chi connectivity index (χ1v) is 9.28. The third-order valence-electron chi connectivity index (χ3n) is 5.33. The van der Waals surface area contributed by atoms with Crippen molar-refractivity contribution in [1.29, 1.82) is 0 Å². The van der Waals surface area contributed by atoms with Crippen LogP contribution in [-0.2, 0) is 9.59 Å². The van der Waals surface area contributed by atoms with E-state index >= 15 is 0 Å². The van der Waals surface area contributed by atoms with Crippen molar-refractivity contribution in [1.82, 2.24) is 5.32 Å². The molecule has 2 aliphatic rings. The van der Waals surface area contributed by atoms with E-state index in [2.05, 4.69) is 27.2 Å². The Bertz CT molecular complexity index is 840. The lowest BCUT2D eigenvalue weighted by atomic mass is 9.99. The van der Waals surface area contributed by atoms with Crippen molar-refractivity contribution in [2.75, 3.05) is 29.4 Å². The molecule has 0 bridgehead atoms. The number of nitrogens with zero attached hydrogens (tertiary/aromatic N) is 2. The SMILES string of the molecule is O=C1CC(=O)C(CC2CN(c3ccccc3)CCN2c2cccc(O)c2)N1. The van der Waals surface area contributed by atoms with Gasteiger partial charge in [0, 0.05) is 43.1 Å². The van der Waals surface area contributed by atoms with Gasteiger partial charge in [0.05, 0.1) is 12.5 Å². The number of hydrogen-bond donors (Lipinski definition) is 2. The Balaban J connectivity index is 1.58. The van der Waals surface area contributed by atoms with E-state index in [0.29, 0.717) is 6.42 Å². The second-order valence-electron chi connectivity index (χ2n) is 7.15. The first-order chi connectivity index (χ1) is 13.1. The van der Waals surface area contributed by atoms with Crippen molar-refractivity contribution in [3.63, 3.8) is 0 Å². The molecule has 2 saturated heterocycles. The van der Waals surface area contributed by atoms with Crippen LogP contribution in [0, 0.1) is 0 Å². The standard InChI is InChI=1S/C21H23N3O3/c25-18-8-4-7-16(11-18)24-10-9-23(15-5-2-1-3-6-15)14-17(24)12-19-20(26)13-21(27)22-19/h1-8,11,17,19,25H,9-10,12-14H2,(H,22,27). The van der Waals surface area contributed by atoms with Crippen LogP contribution in [0.25, 0.3) is 0 Å². The van der Waals surface area contributed by atoms with Crippen LogP contribution in [0.15, 0.2) is 54.6 Å². The largest absolute Gasteiger partial charge is 0.508 e. The average molecular weight is 365 g/mol. The van der Waals surface area contributed by atoms with E-state index in [4.69, 9.17) is 0 Å². The monoisotopic (exact) mass is 365 g/mol. The molecule has 0 saturated carbocycles. The summed E-state index contributed by atoms with van der Waals surface area (Å²) in [6.45, 7) is 2.37. The summed E-state index contributed by atoms with van der Waals surface area (Å²) in [6, 6.07) is 17.0. The number of carbonyl (C=O) groups is 2. The molecule has 0 radical (unpaired) electrons. The molecular formula is C21H23N3O3. The fourth-order valence-corrected chi connectivity index (χ4v) is 4.01. The van der Waals surface area contributed by atoms with Crippen molar-refractivity contribution in [2.45, 2.75) is 24.9 Å². The fraction of sp³-hybridized carbons (Fsp3) is 0.333. The highest BCUT2D eigenvalue weighted by molar-refractivity contribution is 6.07. The predicted octanol–water partition coefficient (Wildman–Crippen LogP) is 1.94. The summed E-state index contributed by atoms with van der Waals surface area (Å²) in [5.41, 5.74) is 2.09. The molecule has 2 fully saturated rings. The number of phenols is 1. The third-order valence-corrected chi connectivity index (χ3v) is 5.33. The Morgan fingerprint density at radius 1 is 1.00 bits per heavy atom. The van der Waals surface area contributed by atoms with Gasteiger partial charge in [-0.05, 0) is 30.7 Å². The minimum Gasteiger partial charge on any atom is -0.508 e. The van der Waals surface area contributed by atoms with E-state index in [-0.39, 0.29) is 29.9 Å². The van der Waals surface area contributed by atoms with Crippen molar-refractivity contribution in [3.05, 3.63) is 54.6 Å². The molecule has 1 amide bonds. The van der Waals surface area contributed by atoms with E-state index in [1.165, 1.54) is 0 Å². The molecule has 27 heavy (non-hydrogen) atoms. The highest BCUT2D eigenvalue weighted by Crippen LogP contribution is 2.29.